The van der Waals surface area contributed by atoms with Crippen LogP contribution < -0.4 is 15.4 Å². The molecule has 0 saturated carbocycles. The maximum Gasteiger partial charge on any atom is 0.352 e. The Bertz CT molecular complexity index is 1180. The van der Waals surface area contributed by atoms with Crippen molar-refractivity contribution >= 4 is 29.5 Å². The Balaban J connectivity index is 1.66. The summed E-state index contributed by atoms with van der Waals surface area (Å²) in [6, 6.07) is 16.2. The molecule has 1 aromatic heterocycles. The molecule has 1 amide bonds. The zero-order valence-electron chi connectivity index (χ0n) is 16.6. The number of para-hydroxylation sites is 2. The minimum Gasteiger partial charge on any atom is -0.495 e. The molecule has 3 aromatic rings. The van der Waals surface area contributed by atoms with E-state index in [1.807, 2.05) is 42.5 Å². The van der Waals surface area contributed by atoms with Gasteiger partial charge in [-0.3, -0.25) is 4.79 Å². The maximum atomic E-state index is 12.9. The molecule has 2 aromatic carbocycles. The normalized spacial score (nSPS) is 15.0. The second-order valence-corrected chi connectivity index (χ2v) is 6.78. The molecule has 31 heavy (non-hydrogen) atoms. The topological polar surface area (TPSA) is 105 Å². The molecule has 1 atom stereocenters. The molecule has 0 spiro atoms. The third-order valence-corrected chi connectivity index (χ3v) is 4.78. The van der Waals surface area contributed by atoms with E-state index in [4.69, 9.17) is 4.74 Å². The molecular formula is C23H20N4O4. The lowest BCUT2D eigenvalue weighted by atomic mass is 10.1. The van der Waals surface area contributed by atoms with Gasteiger partial charge in [-0.15, -0.1) is 0 Å². The number of fused-ring (bicyclic) bond motifs is 1. The van der Waals surface area contributed by atoms with Crippen LogP contribution in [-0.4, -0.2) is 33.9 Å². The summed E-state index contributed by atoms with van der Waals surface area (Å²) in [6.45, 7) is 0. The van der Waals surface area contributed by atoms with Crippen molar-refractivity contribution in [2.45, 2.75) is 6.04 Å². The van der Waals surface area contributed by atoms with Gasteiger partial charge in [-0.05, 0) is 23.8 Å². The molecule has 1 unspecified atom stereocenters. The van der Waals surface area contributed by atoms with Gasteiger partial charge in [0.15, 0.2) is 0 Å². The van der Waals surface area contributed by atoms with Crippen LogP contribution in [0.15, 0.2) is 78.6 Å². The van der Waals surface area contributed by atoms with E-state index in [9.17, 15) is 14.7 Å². The van der Waals surface area contributed by atoms with Gasteiger partial charge < -0.3 is 20.5 Å². The van der Waals surface area contributed by atoms with Gasteiger partial charge in [0, 0.05) is 0 Å². The van der Waals surface area contributed by atoms with Crippen LogP contribution in [0.1, 0.15) is 22.0 Å². The lowest BCUT2D eigenvalue weighted by Crippen LogP contribution is -2.24. The van der Waals surface area contributed by atoms with Crippen molar-refractivity contribution in [1.82, 2.24) is 9.78 Å². The molecule has 4 rings (SSSR count). The summed E-state index contributed by atoms with van der Waals surface area (Å²) in [5.41, 5.74) is 1.66. The number of benzene rings is 2. The highest BCUT2D eigenvalue weighted by Crippen LogP contribution is 2.31. The Morgan fingerprint density at radius 2 is 1.90 bits per heavy atom. The first-order valence-electron chi connectivity index (χ1n) is 9.54. The predicted octanol–water partition coefficient (Wildman–Crippen LogP) is 3.79. The lowest BCUT2D eigenvalue weighted by molar-refractivity contribution is -0.132. The second kappa shape index (κ2) is 8.58. The number of amides is 1. The Hall–Kier alpha value is -4.33. The summed E-state index contributed by atoms with van der Waals surface area (Å²) in [4.78, 5) is 24.6. The van der Waals surface area contributed by atoms with E-state index in [2.05, 4.69) is 15.7 Å². The highest BCUT2D eigenvalue weighted by atomic mass is 16.5. The second-order valence-electron chi connectivity index (χ2n) is 6.78. The zero-order chi connectivity index (χ0) is 21.8. The number of nitrogens with zero attached hydrogens (tertiary/aromatic N) is 2. The summed E-state index contributed by atoms with van der Waals surface area (Å²) in [7, 11) is 1.52. The number of anilines is 2. The molecular weight excluding hydrogens is 396 g/mol. The summed E-state index contributed by atoms with van der Waals surface area (Å²) in [5, 5.41) is 19.5. The zero-order valence-corrected chi connectivity index (χ0v) is 16.6. The lowest BCUT2D eigenvalue weighted by Gasteiger charge is -2.22. The van der Waals surface area contributed by atoms with Crippen molar-refractivity contribution in [3.63, 3.8) is 0 Å². The number of aromatic nitrogens is 2. The Morgan fingerprint density at radius 3 is 2.65 bits per heavy atom. The number of ether oxygens (including phenoxy) is 1. The quantitative estimate of drug-likeness (QED) is 0.565. The van der Waals surface area contributed by atoms with E-state index in [-0.39, 0.29) is 11.3 Å². The van der Waals surface area contributed by atoms with Crippen LogP contribution in [0.5, 0.6) is 5.75 Å². The van der Waals surface area contributed by atoms with Gasteiger partial charge in [0.25, 0.3) is 5.91 Å². The summed E-state index contributed by atoms with van der Waals surface area (Å²) in [6.07, 6.45) is 6.67. The molecule has 0 saturated heterocycles. The van der Waals surface area contributed by atoms with E-state index < -0.39 is 17.9 Å². The average molecular weight is 416 g/mol. The van der Waals surface area contributed by atoms with Crippen LogP contribution in [0.3, 0.4) is 0 Å². The number of allylic oxidation sites excluding steroid dienone is 2. The van der Waals surface area contributed by atoms with Crippen LogP contribution >= 0.6 is 0 Å². The predicted molar refractivity (Wildman–Crippen MR) is 117 cm³/mol. The van der Waals surface area contributed by atoms with E-state index in [1.54, 1.807) is 35.0 Å². The van der Waals surface area contributed by atoms with Gasteiger partial charge in [-0.2, -0.15) is 5.10 Å². The fourth-order valence-electron chi connectivity index (χ4n) is 3.26. The van der Waals surface area contributed by atoms with Crippen molar-refractivity contribution in [1.29, 1.82) is 0 Å². The molecule has 8 heteroatoms. The van der Waals surface area contributed by atoms with Crippen LogP contribution in [0, 0.1) is 0 Å². The van der Waals surface area contributed by atoms with Gasteiger partial charge in [0.1, 0.15) is 22.8 Å². The number of carboxylic acid groups (broad SMARTS) is 1. The SMILES string of the molecule is COc1ccccc1NC(=O)c1cnn2c1NC(C(=O)O)=CC2C=Cc1ccccc1. The van der Waals surface area contributed by atoms with Crippen molar-refractivity contribution in [2.75, 3.05) is 17.7 Å². The average Bonchev–Trinajstić information content (AvgIpc) is 3.23. The molecule has 0 radical (unpaired) electrons. The highest BCUT2D eigenvalue weighted by molar-refractivity contribution is 6.09. The highest BCUT2D eigenvalue weighted by Gasteiger charge is 2.27. The molecule has 8 nitrogen and oxygen atoms in total. The number of rotatable bonds is 6. The Labute approximate surface area is 178 Å². The largest absolute Gasteiger partial charge is 0.495 e. The van der Waals surface area contributed by atoms with E-state index in [1.165, 1.54) is 13.3 Å². The summed E-state index contributed by atoms with van der Waals surface area (Å²) in [5.74, 6) is -0.744. The minimum atomic E-state index is -1.12. The van der Waals surface area contributed by atoms with E-state index in [0.29, 0.717) is 17.3 Å². The number of hydrogen-bond acceptors (Lipinski definition) is 5. The van der Waals surface area contributed by atoms with E-state index >= 15 is 0 Å². The van der Waals surface area contributed by atoms with Gasteiger partial charge in [0.05, 0.1) is 25.0 Å². The smallest absolute Gasteiger partial charge is 0.352 e. The Kier molecular flexibility index (Phi) is 5.53. The van der Waals surface area contributed by atoms with Crippen LogP contribution in [0.25, 0.3) is 6.08 Å². The third kappa shape index (κ3) is 4.18. The fourth-order valence-corrected chi connectivity index (χ4v) is 3.26. The minimum absolute atomic E-state index is 0.0259. The molecule has 3 N–H and O–H groups in total. The molecule has 0 fully saturated rings. The molecule has 0 aliphatic carbocycles. The monoisotopic (exact) mass is 416 g/mol. The van der Waals surface area contributed by atoms with Crippen LogP contribution in [-0.2, 0) is 4.79 Å². The first kappa shape index (κ1) is 20.0. The first-order chi connectivity index (χ1) is 15.1. The van der Waals surface area contributed by atoms with Crippen LogP contribution in [0.2, 0.25) is 0 Å². The summed E-state index contributed by atoms with van der Waals surface area (Å²) < 4.78 is 6.84. The first-order valence-corrected chi connectivity index (χ1v) is 9.54. The van der Waals surface area contributed by atoms with Crippen molar-refractivity contribution in [2.24, 2.45) is 0 Å². The molecule has 1 aliphatic heterocycles. The van der Waals surface area contributed by atoms with Crippen molar-refractivity contribution < 1.29 is 19.4 Å². The summed E-state index contributed by atoms with van der Waals surface area (Å²) >= 11 is 0. The molecule has 2 heterocycles. The van der Waals surface area contributed by atoms with Gasteiger partial charge in [-0.25, -0.2) is 9.48 Å². The fraction of sp³-hybridized carbons (Fsp3) is 0.0870. The van der Waals surface area contributed by atoms with Gasteiger partial charge in [0.2, 0.25) is 0 Å². The number of aliphatic carboxylic acids is 1. The van der Waals surface area contributed by atoms with Gasteiger partial charge >= 0.3 is 5.97 Å². The number of carboxylic acids is 1. The van der Waals surface area contributed by atoms with Crippen LogP contribution in [0.4, 0.5) is 11.5 Å². The molecule has 156 valence electrons. The molecule has 1 aliphatic rings. The standard InChI is InChI=1S/C23H20N4O4/c1-31-20-10-6-5-9-18(20)26-22(28)17-14-24-27-16(12-11-15-7-3-2-4-8-15)13-19(23(29)30)25-21(17)27/h2-14,16,25H,1H3,(H,26,28)(H,29,30). The third-order valence-electron chi connectivity index (χ3n) is 4.78. The maximum absolute atomic E-state index is 12.9. The number of hydrogen-bond donors (Lipinski definition) is 3. The van der Waals surface area contributed by atoms with Crippen molar-refractivity contribution in [3.05, 3.63) is 89.8 Å². The molecule has 0 bridgehead atoms. The number of carbonyl (C=O) groups is 2. The van der Waals surface area contributed by atoms with Gasteiger partial charge in [-0.1, -0.05) is 54.6 Å². The van der Waals surface area contributed by atoms with E-state index in [0.717, 1.165) is 5.56 Å². The Morgan fingerprint density at radius 1 is 1.16 bits per heavy atom. The number of methoxy groups -OCH3 is 1. The number of nitrogens with one attached hydrogen (secondary N) is 2. The van der Waals surface area contributed by atoms with Crippen molar-refractivity contribution in [3.8, 4) is 5.75 Å². The number of carbonyl (C=O) groups excluding carboxylic acids is 1.